The maximum atomic E-state index is 12.8. The van der Waals surface area contributed by atoms with Crippen LogP contribution in [0.4, 0.5) is 0 Å². The first-order valence-electron chi connectivity index (χ1n) is 11.6. The highest BCUT2D eigenvalue weighted by Crippen LogP contribution is 2.40. The van der Waals surface area contributed by atoms with Crippen LogP contribution in [0.2, 0.25) is 0 Å². The number of aryl methyl sites for hydroxylation is 1. The van der Waals surface area contributed by atoms with Gasteiger partial charge in [0.15, 0.2) is 0 Å². The van der Waals surface area contributed by atoms with Crippen molar-refractivity contribution >= 4 is 17.7 Å². The van der Waals surface area contributed by atoms with Crippen molar-refractivity contribution in [3.63, 3.8) is 0 Å². The summed E-state index contributed by atoms with van der Waals surface area (Å²) >= 11 is 1.99. The summed E-state index contributed by atoms with van der Waals surface area (Å²) in [4.78, 5) is 15.3. The average molecular weight is 461 g/mol. The van der Waals surface area contributed by atoms with Crippen molar-refractivity contribution in [2.75, 3.05) is 31.6 Å². The molecule has 0 spiro atoms. The molecule has 33 heavy (non-hydrogen) atoms. The Morgan fingerprint density at radius 2 is 1.61 bits per heavy atom. The molecule has 1 saturated heterocycles. The highest BCUT2D eigenvalue weighted by Gasteiger charge is 2.38. The third-order valence-corrected chi connectivity index (χ3v) is 7.42. The lowest BCUT2D eigenvalue weighted by Gasteiger charge is -2.35. The Kier molecular flexibility index (Phi) is 7.53. The standard InChI is InChI=1S/C28H32N2O2S/c1-3-21-12-14-23(15-13-21)28(32,26-11-7-5-9-24(26)27(31)29-2)25-10-6-4-8-22(25)20-30-16-18-33-19-17-30/h4-15,32H,3,16-20H2,1-2H3,(H,29,31). The van der Waals surface area contributed by atoms with E-state index in [-0.39, 0.29) is 5.91 Å². The molecule has 1 heterocycles. The summed E-state index contributed by atoms with van der Waals surface area (Å²) < 4.78 is 0. The van der Waals surface area contributed by atoms with E-state index in [1.165, 1.54) is 5.56 Å². The Bertz CT molecular complexity index is 1090. The van der Waals surface area contributed by atoms with Gasteiger partial charge in [-0.05, 0) is 34.7 Å². The molecule has 5 heteroatoms. The van der Waals surface area contributed by atoms with Crippen LogP contribution in [0.25, 0.3) is 0 Å². The zero-order valence-electron chi connectivity index (χ0n) is 19.4. The monoisotopic (exact) mass is 460 g/mol. The smallest absolute Gasteiger partial charge is 0.251 e. The summed E-state index contributed by atoms with van der Waals surface area (Å²) in [6, 6.07) is 23.6. The summed E-state index contributed by atoms with van der Waals surface area (Å²) in [5.74, 6) is 2.05. The molecule has 0 aromatic heterocycles. The van der Waals surface area contributed by atoms with Crippen LogP contribution in [0.3, 0.4) is 0 Å². The number of nitrogens with zero attached hydrogens (tertiary/aromatic N) is 1. The van der Waals surface area contributed by atoms with Gasteiger partial charge in [-0.25, -0.2) is 0 Å². The van der Waals surface area contributed by atoms with Gasteiger partial charge in [0.1, 0.15) is 5.60 Å². The van der Waals surface area contributed by atoms with Crippen LogP contribution in [0.15, 0.2) is 72.8 Å². The molecule has 3 aromatic carbocycles. The molecule has 4 rings (SSSR count). The fourth-order valence-electron chi connectivity index (χ4n) is 4.58. The maximum Gasteiger partial charge on any atom is 0.251 e. The first-order chi connectivity index (χ1) is 16.1. The van der Waals surface area contributed by atoms with Gasteiger partial charge in [0.05, 0.1) is 0 Å². The quantitative estimate of drug-likeness (QED) is 0.512. The van der Waals surface area contributed by atoms with E-state index in [4.69, 9.17) is 0 Å². The van der Waals surface area contributed by atoms with E-state index in [0.717, 1.165) is 54.3 Å². The van der Waals surface area contributed by atoms with Crippen LogP contribution < -0.4 is 5.32 Å². The second kappa shape index (κ2) is 10.6. The zero-order valence-corrected chi connectivity index (χ0v) is 20.2. The summed E-state index contributed by atoms with van der Waals surface area (Å²) in [6.07, 6.45) is 0.928. The van der Waals surface area contributed by atoms with Crippen LogP contribution in [-0.2, 0) is 18.6 Å². The third kappa shape index (κ3) is 4.86. The highest BCUT2D eigenvalue weighted by atomic mass is 32.2. The zero-order chi connectivity index (χ0) is 23.3. The summed E-state index contributed by atoms with van der Waals surface area (Å²) in [5.41, 5.74) is 3.48. The fourth-order valence-corrected chi connectivity index (χ4v) is 5.56. The molecule has 1 fully saturated rings. The van der Waals surface area contributed by atoms with Gasteiger partial charge in [-0.2, -0.15) is 11.8 Å². The van der Waals surface area contributed by atoms with Gasteiger partial charge in [-0.1, -0.05) is 73.7 Å². The topological polar surface area (TPSA) is 52.6 Å². The Balaban J connectivity index is 1.91. The largest absolute Gasteiger partial charge is 0.376 e. The number of benzene rings is 3. The number of nitrogens with one attached hydrogen (secondary N) is 1. The van der Waals surface area contributed by atoms with Crippen LogP contribution in [0.1, 0.15) is 45.1 Å². The lowest BCUT2D eigenvalue weighted by Crippen LogP contribution is -2.36. The number of carbonyl (C=O) groups is 1. The summed E-state index contributed by atoms with van der Waals surface area (Å²) in [5, 5.41) is 15.4. The molecular weight excluding hydrogens is 428 g/mol. The Hall–Kier alpha value is -2.60. The minimum atomic E-state index is -1.46. The van der Waals surface area contributed by atoms with Gasteiger partial charge in [-0.15, -0.1) is 0 Å². The highest BCUT2D eigenvalue weighted by molar-refractivity contribution is 7.99. The number of thioether (sulfide) groups is 1. The first-order valence-corrected chi connectivity index (χ1v) is 12.7. The predicted molar refractivity (Wildman–Crippen MR) is 137 cm³/mol. The van der Waals surface area contributed by atoms with E-state index in [1.807, 2.05) is 60.3 Å². The lowest BCUT2D eigenvalue weighted by atomic mass is 9.76. The second-order valence-electron chi connectivity index (χ2n) is 8.43. The molecule has 172 valence electrons. The molecule has 2 N–H and O–H groups in total. The van der Waals surface area contributed by atoms with Crippen LogP contribution in [0.5, 0.6) is 0 Å². The molecule has 4 nitrogen and oxygen atoms in total. The van der Waals surface area contributed by atoms with Gasteiger partial charge in [0.2, 0.25) is 0 Å². The Morgan fingerprint density at radius 1 is 0.970 bits per heavy atom. The molecule has 1 aliphatic rings. The normalized spacial score (nSPS) is 16.2. The van der Waals surface area contributed by atoms with Crippen molar-refractivity contribution in [3.8, 4) is 0 Å². The fraction of sp³-hybridized carbons (Fsp3) is 0.321. The van der Waals surface area contributed by atoms with Crippen molar-refractivity contribution in [1.82, 2.24) is 10.2 Å². The van der Waals surface area contributed by atoms with Crippen molar-refractivity contribution in [2.45, 2.75) is 25.5 Å². The summed E-state index contributed by atoms with van der Waals surface area (Å²) in [6.45, 7) is 4.97. The van der Waals surface area contributed by atoms with E-state index >= 15 is 0 Å². The van der Waals surface area contributed by atoms with E-state index in [2.05, 4.69) is 35.3 Å². The van der Waals surface area contributed by atoms with Crippen LogP contribution in [-0.4, -0.2) is 47.6 Å². The van der Waals surface area contributed by atoms with Crippen molar-refractivity contribution in [2.24, 2.45) is 0 Å². The minimum absolute atomic E-state index is 0.209. The van der Waals surface area contributed by atoms with Crippen molar-refractivity contribution < 1.29 is 9.90 Å². The number of carbonyl (C=O) groups excluding carboxylic acids is 1. The molecule has 0 aliphatic carbocycles. The number of hydrogen-bond acceptors (Lipinski definition) is 4. The molecule has 0 saturated carbocycles. The second-order valence-corrected chi connectivity index (χ2v) is 9.66. The Labute approximate surface area is 201 Å². The number of amides is 1. The molecule has 1 aliphatic heterocycles. The van der Waals surface area contributed by atoms with Crippen LogP contribution in [0, 0.1) is 0 Å². The molecule has 0 radical (unpaired) electrons. The van der Waals surface area contributed by atoms with E-state index < -0.39 is 5.60 Å². The van der Waals surface area contributed by atoms with Gasteiger partial charge in [0.25, 0.3) is 5.91 Å². The van der Waals surface area contributed by atoms with Gasteiger partial charge in [-0.3, -0.25) is 9.69 Å². The Morgan fingerprint density at radius 3 is 2.27 bits per heavy atom. The van der Waals surface area contributed by atoms with E-state index in [9.17, 15) is 9.90 Å². The SMILES string of the molecule is CCc1ccc(C(O)(c2ccccc2CN2CCSCC2)c2ccccc2C(=O)NC)cc1. The molecule has 0 bridgehead atoms. The van der Waals surface area contributed by atoms with Gasteiger partial charge in [0, 0.05) is 49.3 Å². The number of aliphatic hydroxyl groups is 1. The van der Waals surface area contributed by atoms with Gasteiger partial charge >= 0.3 is 0 Å². The molecule has 3 aromatic rings. The van der Waals surface area contributed by atoms with Crippen LogP contribution >= 0.6 is 11.8 Å². The van der Waals surface area contributed by atoms with E-state index in [0.29, 0.717) is 11.1 Å². The molecule has 1 atom stereocenters. The molecule has 1 amide bonds. The van der Waals surface area contributed by atoms with Crippen molar-refractivity contribution in [1.29, 1.82) is 0 Å². The lowest BCUT2D eigenvalue weighted by molar-refractivity contribution is 0.0938. The van der Waals surface area contributed by atoms with E-state index in [1.54, 1.807) is 13.1 Å². The van der Waals surface area contributed by atoms with Crippen molar-refractivity contribution in [3.05, 3.63) is 106 Å². The summed E-state index contributed by atoms with van der Waals surface area (Å²) in [7, 11) is 1.62. The molecule has 1 unspecified atom stereocenters. The predicted octanol–water partition coefficient (Wildman–Crippen LogP) is 4.44. The number of hydrogen-bond donors (Lipinski definition) is 2. The average Bonchev–Trinajstić information content (AvgIpc) is 2.89. The molecular formula is C28H32N2O2S. The third-order valence-electron chi connectivity index (χ3n) is 6.47. The maximum absolute atomic E-state index is 12.8. The first kappa shape index (κ1) is 23.6. The number of rotatable bonds is 7. The van der Waals surface area contributed by atoms with Gasteiger partial charge < -0.3 is 10.4 Å². The minimum Gasteiger partial charge on any atom is -0.376 e.